The van der Waals surface area contributed by atoms with Crippen LogP contribution in [0.5, 0.6) is 0 Å². The molecule has 1 aliphatic rings. The number of carbonyl (C=O) groups is 1. The van der Waals surface area contributed by atoms with Crippen molar-refractivity contribution in [2.45, 2.75) is 44.3 Å². The molecule has 0 saturated carbocycles. The lowest BCUT2D eigenvalue weighted by Gasteiger charge is -2.12. The Balaban J connectivity index is 1.91. The number of hydrogen-bond acceptors (Lipinski definition) is 3. The molecule has 1 aromatic rings. The van der Waals surface area contributed by atoms with Gasteiger partial charge in [-0.2, -0.15) is 0 Å². The molecule has 4 heteroatoms. The smallest absolute Gasteiger partial charge is 0.240 e. The molecular weight excluding hydrogens is 238 g/mol. The third-order valence-electron chi connectivity index (χ3n) is 3.79. The van der Waals surface area contributed by atoms with Crippen molar-refractivity contribution in [3.8, 4) is 0 Å². The highest BCUT2D eigenvalue weighted by molar-refractivity contribution is 5.85. The lowest BCUT2D eigenvalue weighted by molar-refractivity contribution is -0.128. The van der Waals surface area contributed by atoms with Crippen molar-refractivity contribution in [2.24, 2.45) is 11.5 Å². The van der Waals surface area contributed by atoms with Crippen LogP contribution in [-0.4, -0.2) is 29.4 Å². The first-order valence-electron chi connectivity index (χ1n) is 6.99. The molecule has 1 aromatic carbocycles. The molecule has 104 valence electrons. The van der Waals surface area contributed by atoms with Crippen molar-refractivity contribution in [1.82, 2.24) is 4.90 Å². The highest BCUT2D eigenvalue weighted by atomic mass is 16.2. The molecule has 4 N–H and O–H groups in total. The summed E-state index contributed by atoms with van der Waals surface area (Å²) in [7, 11) is 0. The molecule has 3 atom stereocenters. The van der Waals surface area contributed by atoms with Gasteiger partial charge in [0.05, 0.1) is 18.1 Å². The predicted molar refractivity (Wildman–Crippen MR) is 76.4 cm³/mol. The van der Waals surface area contributed by atoms with Gasteiger partial charge in [-0.1, -0.05) is 36.8 Å². The van der Waals surface area contributed by atoms with Gasteiger partial charge in [0.1, 0.15) is 0 Å². The third kappa shape index (κ3) is 3.14. The summed E-state index contributed by atoms with van der Waals surface area (Å²) >= 11 is 0. The quantitative estimate of drug-likeness (QED) is 0.601. The lowest BCUT2D eigenvalue weighted by Crippen LogP contribution is -2.36. The first-order chi connectivity index (χ1) is 9.16. The number of amides is 1. The maximum atomic E-state index is 12.3. The largest absolute Gasteiger partial charge is 0.330 e. The van der Waals surface area contributed by atoms with E-state index >= 15 is 0 Å². The van der Waals surface area contributed by atoms with Crippen LogP contribution in [0.3, 0.4) is 0 Å². The van der Waals surface area contributed by atoms with Crippen LogP contribution in [0.4, 0.5) is 0 Å². The molecule has 0 aliphatic carbocycles. The number of rotatable bonds is 6. The molecule has 2 rings (SSSR count). The number of carbonyl (C=O) groups excluding carboxylic acids is 1. The second-order valence-corrected chi connectivity index (χ2v) is 5.23. The van der Waals surface area contributed by atoms with E-state index in [-0.39, 0.29) is 24.0 Å². The van der Waals surface area contributed by atoms with Gasteiger partial charge in [0, 0.05) is 0 Å². The lowest BCUT2D eigenvalue weighted by atomic mass is 10.1. The molecular formula is C15H23N3O. The SMILES string of the molecule is C[C@H]1[C@H](c2ccccc2)N1C(=O)[C@@H](N)CCCCN. The Hall–Kier alpha value is -1.39. The molecule has 1 heterocycles. The van der Waals surface area contributed by atoms with Crippen molar-refractivity contribution < 1.29 is 4.79 Å². The number of nitrogens with zero attached hydrogens (tertiary/aromatic N) is 1. The van der Waals surface area contributed by atoms with Gasteiger partial charge in [0.2, 0.25) is 5.91 Å². The average Bonchev–Trinajstić information content (AvgIpc) is 3.10. The Morgan fingerprint density at radius 1 is 1.32 bits per heavy atom. The fourth-order valence-corrected chi connectivity index (χ4v) is 2.60. The summed E-state index contributed by atoms with van der Waals surface area (Å²) in [4.78, 5) is 14.2. The van der Waals surface area contributed by atoms with E-state index < -0.39 is 0 Å². The van der Waals surface area contributed by atoms with Crippen molar-refractivity contribution >= 4 is 5.91 Å². The van der Waals surface area contributed by atoms with Crippen LogP contribution in [0.15, 0.2) is 30.3 Å². The summed E-state index contributed by atoms with van der Waals surface area (Å²) in [5.41, 5.74) is 12.6. The number of unbranched alkanes of at least 4 members (excludes halogenated alkanes) is 1. The zero-order valence-electron chi connectivity index (χ0n) is 11.5. The highest BCUT2D eigenvalue weighted by Crippen LogP contribution is 2.43. The monoisotopic (exact) mass is 261 g/mol. The van der Waals surface area contributed by atoms with E-state index in [2.05, 4.69) is 19.1 Å². The Labute approximate surface area is 114 Å². The second-order valence-electron chi connectivity index (χ2n) is 5.23. The number of benzene rings is 1. The fraction of sp³-hybridized carbons (Fsp3) is 0.533. The predicted octanol–water partition coefficient (Wildman–Crippen LogP) is 1.41. The minimum absolute atomic E-state index is 0.0679. The van der Waals surface area contributed by atoms with Gasteiger partial charge in [-0.15, -0.1) is 0 Å². The van der Waals surface area contributed by atoms with E-state index in [1.54, 1.807) is 0 Å². The Morgan fingerprint density at radius 3 is 2.63 bits per heavy atom. The van der Waals surface area contributed by atoms with Crippen LogP contribution < -0.4 is 11.5 Å². The first-order valence-corrected chi connectivity index (χ1v) is 6.99. The molecule has 1 fully saturated rings. The van der Waals surface area contributed by atoms with Gasteiger partial charge in [0.25, 0.3) is 0 Å². The van der Waals surface area contributed by atoms with Crippen molar-refractivity contribution in [1.29, 1.82) is 0 Å². The summed E-state index contributed by atoms with van der Waals surface area (Å²) in [6.07, 6.45) is 2.57. The van der Waals surface area contributed by atoms with Crippen molar-refractivity contribution in [3.05, 3.63) is 35.9 Å². The molecule has 4 nitrogen and oxygen atoms in total. The van der Waals surface area contributed by atoms with Gasteiger partial charge < -0.3 is 16.4 Å². The van der Waals surface area contributed by atoms with Gasteiger partial charge >= 0.3 is 0 Å². The molecule has 0 unspecified atom stereocenters. The van der Waals surface area contributed by atoms with E-state index in [0.717, 1.165) is 19.3 Å². The average molecular weight is 261 g/mol. The van der Waals surface area contributed by atoms with Crippen LogP contribution in [0.2, 0.25) is 0 Å². The van der Waals surface area contributed by atoms with Crippen molar-refractivity contribution in [3.63, 3.8) is 0 Å². The highest BCUT2D eigenvalue weighted by Gasteiger charge is 2.49. The molecule has 1 aliphatic heterocycles. The minimum Gasteiger partial charge on any atom is -0.330 e. The van der Waals surface area contributed by atoms with Gasteiger partial charge in [-0.25, -0.2) is 0 Å². The van der Waals surface area contributed by atoms with Crippen LogP contribution in [-0.2, 0) is 4.79 Å². The van der Waals surface area contributed by atoms with Crippen LogP contribution in [0.1, 0.15) is 37.8 Å². The minimum atomic E-state index is -0.386. The number of hydrogen-bond donors (Lipinski definition) is 2. The molecule has 0 aromatic heterocycles. The normalized spacial score (nSPS) is 23.2. The van der Waals surface area contributed by atoms with Gasteiger partial charge in [0.15, 0.2) is 0 Å². The Kier molecular flexibility index (Phi) is 4.56. The standard InChI is InChI=1S/C15H23N3O/c1-11-14(12-7-3-2-4-8-12)18(11)15(19)13(17)9-5-6-10-16/h2-4,7-8,11,13-14H,5-6,9-10,16-17H2,1H3/t11-,13-,14+,18?/m0/s1. The van der Waals surface area contributed by atoms with E-state index in [1.165, 1.54) is 5.56 Å². The fourth-order valence-electron chi connectivity index (χ4n) is 2.60. The summed E-state index contributed by atoms with van der Waals surface area (Å²) in [6, 6.07) is 10.2. The molecule has 1 amide bonds. The molecule has 0 spiro atoms. The molecule has 0 bridgehead atoms. The summed E-state index contributed by atoms with van der Waals surface area (Å²) in [5, 5.41) is 0. The Bertz CT molecular complexity index is 421. The van der Waals surface area contributed by atoms with E-state index in [9.17, 15) is 4.79 Å². The Morgan fingerprint density at radius 2 is 2.00 bits per heavy atom. The third-order valence-corrected chi connectivity index (χ3v) is 3.79. The molecule has 1 saturated heterocycles. The van der Waals surface area contributed by atoms with Crippen LogP contribution >= 0.6 is 0 Å². The second kappa shape index (κ2) is 6.17. The topological polar surface area (TPSA) is 72.1 Å². The van der Waals surface area contributed by atoms with E-state index in [0.29, 0.717) is 6.54 Å². The van der Waals surface area contributed by atoms with Crippen LogP contribution in [0, 0.1) is 0 Å². The number of nitrogens with two attached hydrogens (primary N) is 2. The van der Waals surface area contributed by atoms with Gasteiger partial charge in [-0.05, 0) is 31.9 Å². The van der Waals surface area contributed by atoms with E-state index in [4.69, 9.17) is 11.5 Å². The maximum absolute atomic E-state index is 12.3. The zero-order chi connectivity index (χ0) is 13.8. The van der Waals surface area contributed by atoms with Crippen molar-refractivity contribution in [2.75, 3.05) is 6.54 Å². The summed E-state index contributed by atoms with van der Waals surface area (Å²) in [6.45, 7) is 2.73. The molecule has 19 heavy (non-hydrogen) atoms. The van der Waals surface area contributed by atoms with Gasteiger partial charge in [-0.3, -0.25) is 4.79 Å². The first kappa shape index (κ1) is 14.0. The van der Waals surface area contributed by atoms with E-state index in [1.807, 2.05) is 23.1 Å². The molecule has 0 radical (unpaired) electrons. The van der Waals surface area contributed by atoms with Crippen LogP contribution in [0.25, 0.3) is 0 Å². The maximum Gasteiger partial charge on any atom is 0.240 e. The summed E-state index contributed by atoms with van der Waals surface area (Å²) in [5.74, 6) is 0.0679. The summed E-state index contributed by atoms with van der Waals surface area (Å²) < 4.78 is 0. The zero-order valence-corrected chi connectivity index (χ0v) is 11.5.